The molecule has 0 unspecified atom stereocenters. The third-order valence-corrected chi connectivity index (χ3v) is 9.79. The Labute approximate surface area is 352 Å². The molecule has 2 saturated heterocycles. The molecule has 0 radical (unpaired) electrons. The van der Waals surface area contributed by atoms with Gasteiger partial charge in [-0.25, -0.2) is 19.2 Å². The monoisotopic (exact) mass is 847 g/mol. The van der Waals surface area contributed by atoms with Crippen LogP contribution in [0.5, 0.6) is 0 Å². The van der Waals surface area contributed by atoms with Crippen LogP contribution >= 0.6 is 0 Å². The smallest absolute Gasteiger partial charge is 0.339 e. The zero-order valence-corrected chi connectivity index (χ0v) is 34.4. The number of carbonyl (C=O) groups excluding carboxylic acids is 7. The summed E-state index contributed by atoms with van der Waals surface area (Å²) in [7, 11) is 1.06. The zero-order chi connectivity index (χ0) is 44.1. The molecular weight excluding hydrogens is 798 g/mol. The van der Waals surface area contributed by atoms with Crippen molar-refractivity contribution in [1.29, 1.82) is 0 Å². The molecule has 3 aromatic carbocycles. The van der Waals surface area contributed by atoms with Crippen molar-refractivity contribution in [2.45, 2.75) is 95.6 Å². The number of nitrogens with zero attached hydrogens (tertiary/aromatic N) is 1. The number of methoxy groups -OCH3 is 1. The van der Waals surface area contributed by atoms with Crippen LogP contribution in [0.15, 0.2) is 91.0 Å². The van der Waals surface area contributed by atoms with E-state index in [0.717, 1.165) is 27.9 Å². The molecular formula is C44H49NO16. The second-order valence-corrected chi connectivity index (χ2v) is 14.2. The summed E-state index contributed by atoms with van der Waals surface area (Å²) in [6.07, 6.45) is -11.1. The highest BCUT2D eigenvalue weighted by atomic mass is 16.7. The van der Waals surface area contributed by atoms with Crippen molar-refractivity contribution in [2.24, 2.45) is 0 Å². The summed E-state index contributed by atoms with van der Waals surface area (Å²) in [4.78, 5) is 93.7. The number of hydrogen-bond donors (Lipinski definition) is 0. The Morgan fingerprint density at radius 2 is 1.05 bits per heavy atom. The molecule has 0 aromatic heterocycles. The van der Waals surface area contributed by atoms with E-state index in [1.807, 2.05) is 11.8 Å². The lowest BCUT2D eigenvalue weighted by atomic mass is 9.92. The van der Waals surface area contributed by atoms with Gasteiger partial charge in [0.15, 0.2) is 49.0 Å². The molecule has 2 heterocycles. The Kier molecular flexibility index (Phi) is 16.5. The van der Waals surface area contributed by atoms with E-state index in [1.54, 1.807) is 66.7 Å². The van der Waals surface area contributed by atoms with Crippen molar-refractivity contribution in [1.82, 2.24) is 4.90 Å². The van der Waals surface area contributed by atoms with Crippen molar-refractivity contribution in [3.05, 3.63) is 108 Å². The van der Waals surface area contributed by atoms with E-state index in [-0.39, 0.29) is 23.2 Å². The van der Waals surface area contributed by atoms with Crippen LogP contribution < -0.4 is 0 Å². The first-order chi connectivity index (χ1) is 29.3. The summed E-state index contributed by atoms with van der Waals surface area (Å²) in [5, 5.41) is 0. The van der Waals surface area contributed by atoms with Crippen LogP contribution in [0.3, 0.4) is 0 Å². The molecule has 326 valence electrons. The second-order valence-electron chi connectivity index (χ2n) is 14.2. The standard InChI is InChI=1S/C44H49NO16/c1-6-7-23-45-24-33(58-40(49)29-17-11-8-12-18-29)35(60-42(51)31-21-15-10-16-22-31)34(59-41(50)30-19-13-9-14-20-30)32(45)25-54-44-39(57-28(4)48)37(56-27(3)47)36(55-26(2)46)38(61-44)43(52)53-5/h8-22,32-39,44H,6-7,23-25H2,1-5H3/t32-,33+,34-,35-,36-,37-,38-,39+,44+/m1/s1. The average Bonchev–Trinajstić information content (AvgIpc) is 3.25. The summed E-state index contributed by atoms with van der Waals surface area (Å²) in [6.45, 7) is 4.98. The fourth-order valence-corrected chi connectivity index (χ4v) is 7.04. The van der Waals surface area contributed by atoms with E-state index in [0.29, 0.717) is 19.4 Å². The Bertz CT molecular complexity index is 1980. The van der Waals surface area contributed by atoms with Gasteiger partial charge in [-0.3, -0.25) is 19.3 Å². The molecule has 3 aromatic rings. The van der Waals surface area contributed by atoms with Crippen molar-refractivity contribution in [2.75, 3.05) is 26.8 Å². The maximum absolute atomic E-state index is 14.0. The molecule has 61 heavy (non-hydrogen) atoms. The van der Waals surface area contributed by atoms with Crippen LogP contribution in [0.4, 0.5) is 0 Å². The van der Waals surface area contributed by atoms with Crippen molar-refractivity contribution < 1.29 is 76.2 Å². The van der Waals surface area contributed by atoms with Gasteiger partial charge in [0.2, 0.25) is 0 Å². The quantitative estimate of drug-likeness (QED) is 0.148. The molecule has 2 aliphatic heterocycles. The second kappa shape index (κ2) is 21.9. The maximum Gasteiger partial charge on any atom is 0.339 e. The SMILES string of the molecule is CCCCN1C[C@H](OC(=O)c2ccccc2)[C@@H](OC(=O)c2ccccc2)[C@H](OC(=O)c2ccccc2)[C@H]1CO[C@H]1O[C@@H](C(=O)OC)[C@H](OC(C)=O)[C@@H](OC(C)=O)[C@@H]1OC(C)=O. The molecule has 17 heteroatoms. The molecule has 2 aliphatic rings. The largest absolute Gasteiger partial charge is 0.467 e. The van der Waals surface area contributed by atoms with Gasteiger partial charge in [0.05, 0.1) is 36.4 Å². The van der Waals surface area contributed by atoms with Crippen LogP contribution in [0.2, 0.25) is 0 Å². The first-order valence-corrected chi connectivity index (χ1v) is 19.7. The number of esters is 7. The molecule has 9 atom stereocenters. The highest BCUT2D eigenvalue weighted by Crippen LogP contribution is 2.33. The third-order valence-electron chi connectivity index (χ3n) is 9.79. The minimum atomic E-state index is -1.74. The van der Waals surface area contributed by atoms with E-state index >= 15 is 0 Å². The van der Waals surface area contributed by atoms with Crippen molar-refractivity contribution in [3.8, 4) is 0 Å². The van der Waals surface area contributed by atoms with Crippen molar-refractivity contribution in [3.63, 3.8) is 0 Å². The van der Waals surface area contributed by atoms with Crippen LogP contribution in [0.25, 0.3) is 0 Å². The normalized spacial score (nSPS) is 24.9. The zero-order valence-electron chi connectivity index (χ0n) is 34.4. The van der Waals surface area contributed by atoms with Gasteiger partial charge in [-0.2, -0.15) is 0 Å². The van der Waals surface area contributed by atoms with Crippen LogP contribution in [-0.4, -0.2) is 129 Å². The van der Waals surface area contributed by atoms with Crippen LogP contribution in [0.1, 0.15) is 71.6 Å². The van der Waals surface area contributed by atoms with Gasteiger partial charge in [-0.15, -0.1) is 0 Å². The van der Waals surface area contributed by atoms with Gasteiger partial charge >= 0.3 is 41.8 Å². The molecule has 5 rings (SSSR count). The van der Waals surface area contributed by atoms with Gasteiger partial charge in [-0.05, 0) is 49.4 Å². The predicted molar refractivity (Wildman–Crippen MR) is 210 cm³/mol. The predicted octanol–water partition coefficient (Wildman–Crippen LogP) is 3.86. The number of rotatable bonds is 16. The molecule has 0 spiro atoms. The molecule has 0 aliphatic carbocycles. The Morgan fingerprint density at radius 3 is 1.52 bits per heavy atom. The lowest BCUT2D eigenvalue weighted by molar-refractivity contribution is -0.306. The fraction of sp³-hybridized carbons (Fsp3) is 0.432. The molecule has 0 saturated carbocycles. The lowest BCUT2D eigenvalue weighted by Gasteiger charge is -2.48. The number of benzene rings is 3. The molecule has 2 fully saturated rings. The highest BCUT2D eigenvalue weighted by molar-refractivity contribution is 5.91. The summed E-state index contributed by atoms with van der Waals surface area (Å²) in [5.41, 5.74) is 0.545. The van der Waals surface area contributed by atoms with E-state index in [1.165, 1.54) is 24.3 Å². The Hall–Kier alpha value is -6.17. The van der Waals surface area contributed by atoms with Gasteiger partial charge in [0.25, 0.3) is 0 Å². The van der Waals surface area contributed by atoms with Gasteiger partial charge in [0.1, 0.15) is 0 Å². The Balaban J connectivity index is 1.60. The minimum Gasteiger partial charge on any atom is -0.467 e. The summed E-state index contributed by atoms with van der Waals surface area (Å²) >= 11 is 0. The van der Waals surface area contributed by atoms with E-state index in [2.05, 4.69) is 0 Å². The number of ether oxygens (including phenoxy) is 9. The first kappa shape index (κ1) is 45.9. The summed E-state index contributed by atoms with van der Waals surface area (Å²) < 4.78 is 52.3. The van der Waals surface area contributed by atoms with E-state index in [4.69, 9.17) is 42.6 Å². The van der Waals surface area contributed by atoms with E-state index in [9.17, 15) is 33.6 Å². The van der Waals surface area contributed by atoms with Gasteiger partial charge in [0, 0.05) is 27.3 Å². The molecule has 17 nitrogen and oxygen atoms in total. The fourth-order valence-electron chi connectivity index (χ4n) is 7.04. The van der Waals surface area contributed by atoms with Crippen molar-refractivity contribution >= 4 is 41.8 Å². The number of likely N-dealkylation sites (tertiary alicyclic amines) is 1. The number of unbranched alkanes of at least 4 members (excludes halogenated alkanes) is 1. The molecule has 0 bridgehead atoms. The number of carbonyl (C=O) groups is 7. The maximum atomic E-state index is 14.0. The molecule has 0 amide bonds. The highest BCUT2D eigenvalue weighted by Gasteiger charge is 2.56. The average molecular weight is 848 g/mol. The van der Waals surface area contributed by atoms with Crippen LogP contribution in [-0.2, 0) is 61.8 Å². The number of piperidine rings is 1. The summed E-state index contributed by atoms with van der Waals surface area (Å²) in [6, 6.07) is 23.3. The van der Waals surface area contributed by atoms with Crippen LogP contribution in [0, 0.1) is 0 Å². The minimum absolute atomic E-state index is 0.0486. The third kappa shape index (κ3) is 12.2. The molecule has 0 N–H and O–H groups in total. The summed E-state index contributed by atoms with van der Waals surface area (Å²) in [5.74, 6) is -6.00. The number of hydrogen-bond acceptors (Lipinski definition) is 17. The first-order valence-electron chi connectivity index (χ1n) is 19.7. The topological polar surface area (TPSA) is 206 Å². The lowest BCUT2D eigenvalue weighted by Crippen LogP contribution is -2.67. The van der Waals surface area contributed by atoms with Gasteiger partial charge in [-0.1, -0.05) is 67.9 Å². The van der Waals surface area contributed by atoms with Gasteiger partial charge < -0.3 is 42.6 Å². The Morgan fingerprint density at radius 1 is 0.590 bits per heavy atom. The van der Waals surface area contributed by atoms with E-state index < -0.39 is 103 Å².